The predicted octanol–water partition coefficient (Wildman–Crippen LogP) is 2.39. The maximum atomic E-state index is 5.73. The Bertz CT molecular complexity index is 314. The molecule has 0 unspecified atom stereocenters. The van der Waals surface area contributed by atoms with E-state index in [1.807, 2.05) is 32.0 Å². The van der Waals surface area contributed by atoms with Crippen LogP contribution in [-0.4, -0.2) is 5.54 Å². The monoisotopic (exact) mass is 209 g/mol. The highest BCUT2D eigenvalue weighted by Gasteiger charge is 2.02. The highest BCUT2D eigenvalue weighted by atomic mass is 35.5. The Kier molecular flexibility index (Phi) is 5.30. The predicted molar refractivity (Wildman–Crippen MR) is 63.4 cm³/mol. The summed E-state index contributed by atoms with van der Waals surface area (Å²) < 4.78 is 0. The van der Waals surface area contributed by atoms with Crippen molar-refractivity contribution in [1.29, 1.82) is 0 Å². The molecule has 0 aromatic heterocycles. The molecule has 1 aromatic carbocycles. The minimum atomic E-state index is -0.380. The van der Waals surface area contributed by atoms with Crippen molar-refractivity contribution in [3.8, 4) is 11.8 Å². The number of rotatable bonds is 1. The van der Waals surface area contributed by atoms with E-state index in [0.29, 0.717) is 0 Å². The lowest BCUT2D eigenvalue weighted by Crippen LogP contribution is -2.29. The van der Waals surface area contributed by atoms with Gasteiger partial charge < -0.3 is 5.73 Å². The van der Waals surface area contributed by atoms with E-state index in [1.54, 1.807) is 0 Å². The standard InChI is InChI=1S/C12H15N.ClH/c1-12(2,13)10-6-9-11-7-4-3-5-8-11;/h3-5,7-8H,9,13H2,1-2H3;1H. The molecular formula is C12H16ClN. The van der Waals surface area contributed by atoms with Gasteiger partial charge in [0.05, 0.1) is 5.54 Å². The highest BCUT2D eigenvalue weighted by Crippen LogP contribution is 1.99. The van der Waals surface area contributed by atoms with Crippen LogP contribution >= 0.6 is 12.4 Å². The smallest absolute Gasteiger partial charge is 0.0719 e. The van der Waals surface area contributed by atoms with Gasteiger partial charge >= 0.3 is 0 Å². The summed E-state index contributed by atoms with van der Waals surface area (Å²) in [6.07, 6.45) is 0.779. The molecule has 0 aliphatic carbocycles. The zero-order valence-corrected chi connectivity index (χ0v) is 9.40. The molecule has 0 fully saturated rings. The van der Waals surface area contributed by atoms with E-state index in [-0.39, 0.29) is 17.9 Å². The fourth-order valence-electron chi connectivity index (χ4n) is 0.970. The lowest BCUT2D eigenvalue weighted by atomic mass is 10.1. The van der Waals surface area contributed by atoms with Gasteiger partial charge in [0.25, 0.3) is 0 Å². The number of hydrogen-bond acceptors (Lipinski definition) is 1. The zero-order valence-electron chi connectivity index (χ0n) is 8.58. The summed E-state index contributed by atoms with van der Waals surface area (Å²) in [6.45, 7) is 3.82. The number of hydrogen-bond donors (Lipinski definition) is 1. The quantitative estimate of drug-likeness (QED) is 0.707. The van der Waals surface area contributed by atoms with Gasteiger partial charge in [-0.25, -0.2) is 0 Å². The maximum absolute atomic E-state index is 5.73. The Morgan fingerprint density at radius 2 is 1.79 bits per heavy atom. The first-order valence-electron chi connectivity index (χ1n) is 4.41. The molecule has 0 saturated carbocycles. The van der Waals surface area contributed by atoms with Gasteiger partial charge in [0.1, 0.15) is 0 Å². The molecule has 0 aliphatic heterocycles. The molecule has 0 saturated heterocycles. The van der Waals surface area contributed by atoms with E-state index in [1.165, 1.54) is 5.56 Å². The molecule has 0 amide bonds. The average molecular weight is 210 g/mol. The zero-order chi connectivity index (χ0) is 9.73. The van der Waals surface area contributed by atoms with Gasteiger partial charge in [-0.05, 0) is 19.4 Å². The Morgan fingerprint density at radius 3 is 2.29 bits per heavy atom. The summed E-state index contributed by atoms with van der Waals surface area (Å²) in [7, 11) is 0. The minimum absolute atomic E-state index is 0. The molecule has 14 heavy (non-hydrogen) atoms. The largest absolute Gasteiger partial charge is 0.316 e. The Labute approximate surface area is 92.1 Å². The Morgan fingerprint density at radius 1 is 1.21 bits per heavy atom. The van der Waals surface area contributed by atoms with Crippen molar-refractivity contribution in [2.24, 2.45) is 5.73 Å². The molecule has 0 radical (unpaired) electrons. The average Bonchev–Trinajstić information content (AvgIpc) is 2.04. The fraction of sp³-hybridized carbons (Fsp3) is 0.333. The van der Waals surface area contributed by atoms with Crippen LogP contribution < -0.4 is 5.73 Å². The van der Waals surface area contributed by atoms with E-state index in [4.69, 9.17) is 5.73 Å². The highest BCUT2D eigenvalue weighted by molar-refractivity contribution is 5.85. The normalized spacial score (nSPS) is 9.64. The molecule has 1 rings (SSSR count). The van der Waals surface area contributed by atoms with Crippen molar-refractivity contribution < 1.29 is 0 Å². The molecule has 2 heteroatoms. The van der Waals surface area contributed by atoms with Crippen molar-refractivity contribution >= 4 is 12.4 Å². The van der Waals surface area contributed by atoms with Crippen LogP contribution in [0.25, 0.3) is 0 Å². The van der Waals surface area contributed by atoms with Crippen LogP contribution in [0.2, 0.25) is 0 Å². The lowest BCUT2D eigenvalue weighted by molar-refractivity contribution is 0.680. The minimum Gasteiger partial charge on any atom is -0.316 e. The van der Waals surface area contributed by atoms with E-state index in [9.17, 15) is 0 Å². The summed E-state index contributed by atoms with van der Waals surface area (Å²) in [5.41, 5.74) is 6.58. The first kappa shape index (κ1) is 13.0. The second-order valence-electron chi connectivity index (χ2n) is 3.69. The molecule has 0 bridgehead atoms. The first-order chi connectivity index (χ1) is 6.08. The Hall–Kier alpha value is -0.970. The molecule has 76 valence electrons. The number of benzene rings is 1. The van der Waals surface area contributed by atoms with E-state index >= 15 is 0 Å². The number of nitrogens with two attached hydrogens (primary N) is 1. The molecule has 1 aromatic rings. The SMILES string of the molecule is CC(C)(N)C#CCc1ccccc1.Cl. The van der Waals surface area contributed by atoms with Crippen molar-refractivity contribution in [2.75, 3.05) is 0 Å². The molecule has 1 nitrogen and oxygen atoms in total. The van der Waals surface area contributed by atoms with Gasteiger partial charge in [-0.15, -0.1) is 12.4 Å². The lowest BCUT2D eigenvalue weighted by Gasteiger charge is -2.07. The van der Waals surface area contributed by atoms with Gasteiger partial charge in [-0.2, -0.15) is 0 Å². The fourth-order valence-corrected chi connectivity index (χ4v) is 0.970. The Balaban J connectivity index is 0.00000169. The maximum Gasteiger partial charge on any atom is 0.0719 e. The van der Waals surface area contributed by atoms with Crippen LogP contribution in [0.15, 0.2) is 30.3 Å². The van der Waals surface area contributed by atoms with Gasteiger partial charge in [0, 0.05) is 6.42 Å². The van der Waals surface area contributed by atoms with Gasteiger partial charge in [0.2, 0.25) is 0 Å². The molecule has 0 atom stereocenters. The van der Waals surface area contributed by atoms with Crippen LogP contribution in [0.4, 0.5) is 0 Å². The molecule has 2 N–H and O–H groups in total. The number of halogens is 1. The third-order valence-corrected chi connectivity index (χ3v) is 1.55. The first-order valence-corrected chi connectivity index (χ1v) is 4.41. The van der Waals surface area contributed by atoms with E-state index in [2.05, 4.69) is 24.0 Å². The van der Waals surface area contributed by atoms with Crippen molar-refractivity contribution in [1.82, 2.24) is 0 Å². The summed E-state index contributed by atoms with van der Waals surface area (Å²) in [5, 5.41) is 0. The summed E-state index contributed by atoms with van der Waals surface area (Å²) in [4.78, 5) is 0. The van der Waals surface area contributed by atoms with Gasteiger partial charge in [-0.1, -0.05) is 42.2 Å². The molecule has 0 heterocycles. The molecule has 0 aliphatic rings. The summed E-state index contributed by atoms with van der Waals surface area (Å²) >= 11 is 0. The van der Waals surface area contributed by atoms with Gasteiger partial charge in [-0.3, -0.25) is 0 Å². The van der Waals surface area contributed by atoms with Crippen molar-refractivity contribution in [2.45, 2.75) is 25.8 Å². The van der Waals surface area contributed by atoms with Crippen LogP contribution in [0.5, 0.6) is 0 Å². The third-order valence-electron chi connectivity index (χ3n) is 1.55. The third kappa shape index (κ3) is 5.64. The summed E-state index contributed by atoms with van der Waals surface area (Å²) in [6, 6.07) is 10.2. The van der Waals surface area contributed by atoms with Gasteiger partial charge in [0.15, 0.2) is 0 Å². The van der Waals surface area contributed by atoms with Crippen molar-refractivity contribution in [3.05, 3.63) is 35.9 Å². The molecular weight excluding hydrogens is 194 g/mol. The topological polar surface area (TPSA) is 26.0 Å². The van der Waals surface area contributed by atoms with Crippen LogP contribution in [0.3, 0.4) is 0 Å². The van der Waals surface area contributed by atoms with E-state index < -0.39 is 0 Å². The second-order valence-corrected chi connectivity index (χ2v) is 3.69. The van der Waals surface area contributed by atoms with E-state index in [0.717, 1.165) is 6.42 Å². The van der Waals surface area contributed by atoms with Crippen LogP contribution in [0.1, 0.15) is 19.4 Å². The van der Waals surface area contributed by atoms with Crippen molar-refractivity contribution in [3.63, 3.8) is 0 Å². The second kappa shape index (κ2) is 5.70. The molecule has 0 spiro atoms. The van der Waals surface area contributed by atoms with Crippen LogP contribution in [0, 0.1) is 11.8 Å². The van der Waals surface area contributed by atoms with Crippen LogP contribution in [-0.2, 0) is 6.42 Å². The summed E-state index contributed by atoms with van der Waals surface area (Å²) in [5.74, 6) is 6.06.